The van der Waals surface area contributed by atoms with Crippen molar-refractivity contribution < 1.29 is 4.39 Å². The van der Waals surface area contributed by atoms with E-state index < -0.39 is 0 Å². The average molecular weight is 565 g/mol. The zero-order valence-electron chi connectivity index (χ0n) is 24.7. The SMILES string of the molecule is CC.CSC1=C(N[C@H](C)c2cc(C)cc3c(=O)n(C)c(N4CCN(c5cnc(C)nc5)CC4)c(F)c23)CCC=C1. The van der Waals surface area contributed by atoms with Gasteiger partial charge in [-0.05, 0) is 57.1 Å². The third kappa shape index (κ3) is 5.89. The second-order valence-electron chi connectivity index (χ2n) is 10.1. The lowest BCUT2D eigenvalue weighted by Crippen LogP contribution is -2.48. The maximum Gasteiger partial charge on any atom is 0.259 e. The van der Waals surface area contributed by atoms with Crippen molar-refractivity contribution in [3.05, 3.63) is 80.4 Å². The van der Waals surface area contributed by atoms with Crippen LogP contribution in [0.4, 0.5) is 15.9 Å². The highest BCUT2D eigenvalue weighted by Crippen LogP contribution is 2.34. The zero-order valence-corrected chi connectivity index (χ0v) is 25.5. The summed E-state index contributed by atoms with van der Waals surface area (Å²) in [6.07, 6.45) is 12.0. The number of thioether (sulfide) groups is 1. The van der Waals surface area contributed by atoms with E-state index >= 15 is 4.39 Å². The summed E-state index contributed by atoms with van der Waals surface area (Å²) >= 11 is 1.71. The molecular formula is C31H41FN6OS. The fourth-order valence-corrected chi connectivity index (χ4v) is 6.14. The Morgan fingerprint density at radius 1 is 1.05 bits per heavy atom. The molecule has 3 heterocycles. The Hall–Kier alpha value is -3.33. The molecule has 2 aromatic heterocycles. The summed E-state index contributed by atoms with van der Waals surface area (Å²) in [5.41, 5.74) is 3.71. The summed E-state index contributed by atoms with van der Waals surface area (Å²) in [7, 11) is 1.67. The van der Waals surface area contributed by atoms with Crippen LogP contribution in [0.1, 0.15) is 56.6 Å². The molecule has 0 saturated carbocycles. The van der Waals surface area contributed by atoms with Crippen molar-refractivity contribution in [3.8, 4) is 0 Å². The Morgan fingerprint density at radius 2 is 1.70 bits per heavy atom. The number of halogens is 1. The van der Waals surface area contributed by atoms with Crippen LogP contribution in [0.2, 0.25) is 0 Å². The van der Waals surface area contributed by atoms with Gasteiger partial charge >= 0.3 is 0 Å². The molecule has 214 valence electrons. The molecule has 9 heteroatoms. The van der Waals surface area contributed by atoms with E-state index in [1.807, 2.05) is 57.1 Å². The maximum atomic E-state index is 16.5. The standard InChI is InChI=1S/C29H35FN6OS.C2H6/c1-18-14-22(19(2)33-24-8-6-7-9-25(24)38-5)26-23(15-18)29(37)34(4)28(27(26)30)36-12-10-35(11-13-36)21-16-31-20(3)32-17-21;1-2/h7,9,14-17,19,33H,6,8,10-13H2,1-5H3;1-2H3/t19-;/m1./s1. The van der Waals surface area contributed by atoms with Crippen LogP contribution in [0.25, 0.3) is 10.8 Å². The van der Waals surface area contributed by atoms with E-state index in [-0.39, 0.29) is 17.4 Å². The first kappa shape index (κ1) is 29.6. The minimum Gasteiger partial charge on any atom is -0.381 e. The number of rotatable bonds is 6. The number of allylic oxidation sites excluding steroid dienone is 3. The van der Waals surface area contributed by atoms with Crippen molar-refractivity contribution in [2.75, 3.05) is 42.2 Å². The predicted molar refractivity (Wildman–Crippen MR) is 167 cm³/mol. The molecule has 0 bridgehead atoms. The number of piperazine rings is 1. The fraction of sp³-hybridized carbons (Fsp3) is 0.452. The van der Waals surface area contributed by atoms with Crippen LogP contribution in [-0.2, 0) is 7.05 Å². The van der Waals surface area contributed by atoms with E-state index in [0.29, 0.717) is 42.8 Å². The predicted octanol–water partition coefficient (Wildman–Crippen LogP) is 6.01. The summed E-state index contributed by atoms with van der Waals surface area (Å²) in [4.78, 5) is 27.6. The average Bonchev–Trinajstić information content (AvgIpc) is 2.97. The second-order valence-corrected chi connectivity index (χ2v) is 10.9. The highest BCUT2D eigenvalue weighted by atomic mass is 32.2. The molecule has 5 rings (SSSR count). The van der Waals surface area contributed by atoms with Crippen LogP contribution >= 0.6 is 11.8 Å². The Balaban J connectivity index is 0.00000181. The van der Waals surface area contributed by atoms with Gasteiger partial charge in [-0.1, -0.05) is 32.1 Å². The number of hydrogen-bond acceptors (Lipinski definition) is 7. The molecule has 1 saturated heterocycles. The van der Waals surface area contributed by atoms with Gasteiger partial charge in [0.1, 0.15) is 11.6 Å². The van der Waals surface area contributed by atoms with Gasteiger partial charge in [-0.15, -0.1) is 11.8 Å². The Morgan fingerprint density at radius 3 is 2.35 bits per heavy atom. The van der Waals surface area contributed by atoms with Gasteiger partial charge < -0.3 is 15.1 Å². The molecule has 0 radical (unpaired) electrons. The highest BCUT2D eigenvalue weighted by molar-refractivity contribution is 8.02. The van der Waals surface area contributed by atoms with Crippen LogP contribution in [0.15, 0.2) is 52.1 Å². The Kier molecular flexibility index (Phi) is 9.56. The number of hydrogen-bond donors (Lipinski definition) is 1. The van der Waals surface area contributed by atoms with Crippen LogP contribution in [-0.4, -0.2) is 47.0 Å². The van der Waals surface area contributed by atoms with E-state index in [1.54, 1.807) is 18.8 Å². The van der Waals surface area contributed by atoms with E-state index in [2.05, 4.69) is 45.5 Å². The number of nitrogens with zero attached hydrogens (tertiary/aromatic N) is 5. The monoisotopic (exact) mass is 564 g/mol. The molecule has 1 atom stereocenters. The number of benzene rings is 1. The van der Waals surface area contributed by atoms with Gasteiger partial charge in [-0.2, -0.15) is 0 Å². The molecule has 0 spiro atoms. The second kappa shape index (κ2) is 12.9. The number of anilines is 2. The summed E-state index contributed by atoms with van der Waals surface area (Å²) < 4.78 is 18.0. The van der Waals surface area contributed by atoms with Gasteiger partial charge in [-0.25, -0.2) is 14.4 Å². The smallest absolute Gasteiger partial charge is 0.259 e. The van der Waals surface area contributed by atoms with Crippen LogP contribution in [0.3, 0.4) is 0 Å². The van der Waals surface area contributed by atoms with Crippen LogP contribution in [0.5, 0.6) is 0 Å². The van der Waals surface area contributed by atoms with Crippen molar-refractivity contribution in [2.45, 2.75) is 53.5 Å². The molecule has 7 nitrogen and oxygen atoms in total. The lowest BCUT2D eigenvalue weighted by molar-refractivity contribution is 0.573. The third-order valence-electron chi connectivity index (χ3n) is 7.50. The van der Waals surface area contributed by atoms with E-state index in [4.69, 9.17) is 0 Å². The third-order valence-corrected chi connectivity index (χ3v) is 8.32. The highest BCUT2D eigenvalue weighted by Gasteiger charge is 2.27. The number of pyridine rings is 1. The van der Waals surface area contributed by atoms with Crippen molar-refractivity contribution in [1.29, 1.82) is 0 Å². The summed E-state index contributed by atoms with van der Waals surface area (Å²) in [5.74, 6) is 0.751. The minimum atomic E-state index is -0.333. The van der Waals surface area contributed by atoms with Gasteiger partial charge in [0.05, 0.1) is 23.5 Å². The molecule has 0 amide bonds. The molecule has 1 aliphatic heterocycles. The first-order chi connectivity index (χ1) is 19.3. The Bertz CT molecular complexity index is 1470. The fourth-order valence-electron chi connectivity index (χ4n) is 5.50. The number of aromatic nitrogens is 3. The molecule has 40 heavy (non-hydrogen) atoms. The van der Waals surface area contributed by atoms with E-state index in [9.17, 15) is 4.79 Å². The molecule has 0 unspecified atom stereocenters. The first-order valence-corrected chi connectivity index (χ1v) is 15.3. The Labute approximate surface area is 241 Å². The van der Waals surface area contributed by atoms with Crippen molar-refractivity contribution in [1.82, 2.24) is 19.9 Å². The maximum absolute atomic E-state index is 16.5. The minimum absolute atomic E-state index is 0.158. The van der Waals surface area contributed by atoms with Gasteiger partial charge in [0.25, 0.3) is 5.56 Å². The molecule has 2 aliphatic rings. The molecule has 1 N–H and O–H groups in total. The van der Waals surface area contributed by atoms with Gasteiger partial charge in [0.2, 0.25) is 0 Å². The summed E-state index contributed by atoms with van der Waals surface area (Å²) in [5, 5.41) is 4.49. The zero-order chi connectivity index (χ0) is 29.0. The topological polar surface area (TPSA) is 66.3 Å². The van der Waals surface area contributed by atoms with Crippen molar-refractivity contribution in [2.24, 2.45) is 7.05 Å². The number of fused-ring (bicyclic) bond motifs is 1. The van der Waals surface area contributed by atoms with Crippen molar-refractivity contribution >= 4 is 34.0 Å². The largest absolute Gasteiger partial charge is 0.381 e. The van der Waals surface area contributed by atoms with Gasteiger partial charge in [-0.3, -0.25) is 9.36 Å². The molecule has 1 aliphatic carbocycles. The summed E-state index contributed by atoms with van der Waals surface area (Å²) in [6, 6.07) is 3.67. The molecule has 3 aromatic rings. The lowest BCUT2D eigenvalue weighted by Gasteiger charge is -2.38. The molecular weight excluding hydrogens is 523 g/mol. The van der Waals surface area contributed by atoms with Crippen LogP contribution < -0.4 is 20.7 Å². The molecule has 1 fully saturated rings. The summed E-state index contributed by atoms with van der Waals surface area (Å²) in [6.45, 7) is 12.4. The van der Waals surface area contributed by atoms with E-state index in [1.165, 1.54) is 15.2 Å². The van der Waals surface area contributed by atoms with Gasteiger partial charge in [0, 0.05) is 55.3 Å². The lowest BCUT2D eigenvalue weighted by atomic mass is 9.96. The quantitative estimate of drug-likeness (QED) is 0.393. The van der Waals surface area contributed by atoms with Crippen molar-refractivity contribution in [3.63, 3.8) is 0 Å². The normalized spacial score (nSPS) is 16.2. The van der Waals surface area contributed by atoms with E-state index in [0.717, 1.165) is 35.5 Å². The number of nitrogens with one attached hydrogen (secondary N) is 1. The van der Waals surface area contributed by atoms with Gasteiger partial charge in [0.15, 0.2) is 5.82 Å². The first-order valence-electron chi connectivity index (χ1n) is 14.1. The number of aryl methyl sites for hydroxylation is 2. The molecule has 1 aromatic carbocycles. The van der Waals surface area contributed by atoms with Crippen LogP contribution in [0, 0.1) is 19.7 Å².